The van der Waals surface area contributed by atoms with Gasteiger partial charge in [0.05, 0.1) is 0 Å². The van der Waals surface area contributed by atoms with Gasteiger partial charge in [-0.2, -0.15) is 11.8 Å². The van der Waals surface area contributed by atoms with Crippen LogP contribution in [0.5, 0.6) is 0 Å². The van der Waals surface area contributed by atoms with E-state index in [4.69, 9.17) is 5.84 Å². The SMILES string of the molecule is CSCCCCCCNC(=O)c1ccc(NN)cc1. The van der Waals surface area contributed by atoms with Gasteiger partial charge in [-0.1, -0.05) is 12.8 Å². The molecule has 0 radical (unpaired) electrons. The van der Waals surface area contributed by atoms with Gasteiger partial charge < -0.3 is 10.7 Å². The number of thioether (sulfide) groups is 1. The van der Waals surface area contributed by atoms with Gasteiger partial charge in [0.15, 0.2) is 0 Å². The number of amides is 1. The lowest BCUT2D eigenvalue weighted by molar-refractivity contribution is 0.0953. The lowest BCUT2D eigenvalue weighted by atomic mass is 10.2. The van der Waals surface area contributed by atoms with E-state index in [1.165, 1.54) is 25.0 Å². The summed E-state index contributed by atoms with van der Waals surface area (Å²) in [6, 6.07) is 7.11. The molecule has 4 nitrogen and oxygen atoms in total. The number of hydrazine groups is 1. The van der Waals surface area contributed by atoms with E-state index in [1.807, 2.05) is 11.8 Å². The lowest BCUT2D eigenvalue weighted by Gasteiger charge is -2.06. The fourth-order valence-electron chi connectivity index (χ4n) is 1.75. The summed E-state index contributed by atoms with van der Waals surface area (Å²) in [5.41, 5.74) is 4.00. The second kappa shape index (κ2) is 9.69. The quantitative estimate of drug-likeness (QED) is 0.370. The van der Waals surface area contributed by atoms with Crippen molar-refractivity contribution in [3.8, 4) is 0 Å². The molecule has 0 unspecified atom stereocenters. The molecule has 19 heavy (non-hydrogen) atoms. The molecule has 0 aliphatic carbocycles. The third-order valence-electron chi connectivity index (χ3n) is 2.87. The highest BCUT2D eigenvalue weighted by atomic mass is 32.2. The van der Waals surface area contributed by atoms with Gasteiger partial charge in [-0.05, 0) is 49.1 Å². The first-order valence-electron chi connectivity index (χ1n) is 6.61. The maximum atomic E-state index is 11.8. The molecule has 5 heteroatoms. The zero-order valence-electron chi connectivity index (χ0n) is 11.4. The molecule has 1 rings (SSSR count). The molecule has 106 valence electrons. The molecule has 1 amide bonds. The monoisotopic (exact) mass is 281 g/mol. The number of rotatable bonds is 9. The van der Waals surface area contributed by atoms with Crippen LogP contribution in [0.25, 0.3) is 0 Å². The zero-order chi connectivity index (χ0) is 13.9. The van der Waals surface area contributed by atoms with E-state index in [2.05, 4.69) is 17.0 Å². The molecule has 1 aromatic carbocycles. The molecule has 0 aromatic heterocycles. The number of carbonyl (C=O) groups excluding carboxylic acids is 1. The van der Waals surface area contributed by atoms with Crippen LogP contribution in [0.4, 0.5) is 5.69 Å². The molecule has 0 bridgehead atoms. The van der Waals surface area contributed by atoms with Gasteiger partial charge in [-0.3, -0.25) is 10.6 Å². The molecule has 0 atom stereocenters. The molecule has 0 aliphatic rings. The van der Waals surface area contributed by atoms with Crippen LogP contribution >= 0.6 is 11.8 Å². The summed E-state index contributed by atoms with van der Waals surface area (Å²) in [7, 11) is 0. The Balaban J connectivity index is 2.16. The Bertz CT molecular complexity index is 367. The van der Waals surface area contributed by atoms with E-state index in [1.54, 1.807) is 24.3 Å². The van der Waals surface area contributed by atoms with Crippen LogP contribution in [0.15, 0.2) is 24.3 Å². The number of hydrogen-bond acceptors (Lipinski definition) is 4. The van der Waals surface area contributed by atoms with Gasteiger partial charge in [0, 0.05) is 17.8 Å². The summed E-state index contributed by atoms with van der Waals surface area (Å²) < 4.78 is 0. The fourth-order valence-corrected chi connectivity index (χ4v) is 2.24. The molecule has 0 heterocycles. The van der Waals surface area contributed by atoms with Crippen molar-refractivity contribution in [3.63, 3.8) is 0 Å². The van der Waals surface area contributed by atoms with Gasteiger partial charge in [-0.15, -0.1) is 0 Å². The minimum Gasteiger partial charge on any atom is -0.352 e. The average Bonchev–Trinajstić information content (AvgIpc) is 2.46. The minimum absolute atomic E-state index is 0.0207. The van der Waals surface area contributed by atoms with Crippen molar-refractivity contribution in [3.05, 3.63) is 29.8 Å². The van der Waals surface area contributed by atoms with Crippen LogP contribution in [0.2, 0.25) is 0 Å². The van der Waals surface area contributed by atoms with Crippen LogP contribution < -0.4 is 16.6 Å². The Labute approximate surface area is 119 Å². The van der Waals surface area contributed by atoms with E-state index in [9.17, 15) is 4.79 Å². The largest absolute Gasteiger partial charge is 0.352 e. The van der Waals surface area contributed by atoms with E-state index >= 15 is 0 Å². The van der Waals surface area contributed by atoms with Crippen molar-refractivity contribution in [1.29, 1.82) is 0 Å². The molecule has 1 aromatic rings. The highest BCUT2D eigenvalue weighted by Crippen LogP contribution is 2.08. The minimum atomic E-state index is -0.0207. The van der Waals surface area contributed by atoms with Crippen molar-refractivity contribution in [1.82, 2.24) is 5.32 Å². The molecular weight excluding hydrogens is 258 g/mol. The van der Waals surface area contributed by atoms with E-state index in [0.29, 0.717) is 5.56 Å². The number of anilines is 1. The molecule has 4 N–H and O–H groups in total. The first kappa shape index (κ1) is 15.9. The van der Waals surface area contributed by atoms with Gasteiger partial charge in [0.2, 0.25) is 0 Å². The third-order valence-corrected chi connectivity index (χ3v) is 3.57. The average molecular weight is 281 g/mol. The van der Waals surface area contributed by atoms with Crippen molar-refractivity contribution in [2.45, 2.75) is 25.7 Å². The van der Waals surface area contributed by atoms with Crippen molar-refractivity contribution >= 4 is 23.4 Å². The number of nitrogens with one attached hydrogen (secondary N) is 2. The van der Waals surface area contributed by atoms with E-state index in [0.717, 1.165) is 18.7 Å². The Morgan fingerprint density at radius 1 is 1.16 bits per heavy atom. The van der Waals surface area contributed by atoms with Crippen LogP contribution in [0.1, 0.15) is 36.0 Å². The predicted molar refractivity (Wildman–Crippen MR) is 83.4 cm³/mol. The standard InChI is InChI=1S/C14H23N3OS/c1-19-11-5-3-2-4-10-16-14(18)12-6-8-13(17-15)9-7-12/h6-9,17H,2-5,10-11,15H2,1H3,(H,16,18). The summed E-state index contributed by atoms with van der Waals surface area (Å²) >= 11 is 1.89. The summed E-state index contributed by atoms with van der Waals surface area (Å²) in [5, 5.41) is 2.93. The highest BCUT2D eigenvalue weighted by molar-refractivity contribution is 7.98. The molecule has 0 spiro atoms. The van der Waals surface area contributed by atoms with Crippen molar-refractivity contribution in [2.24, 2.45) is 5.84 Å². The Kier molecular flexibility index (Phi) is 8.09. The number of unbranched alkanes of at least 4 members (excludes halogenated alkanes) is 3. The molecule has 0 fully saturated rings. The van der Waals surface area contributed by atoms with E-state index < -0.39 is 0 Å². The molecule has 0 saturated carbocycles. The van der Waals surface area contributed by atoms with Crippen LogP contribution in [-0.4, -0.2) is 24.5 Å². The maximum absolute atomic E-state index is 11.8. The van der Waals surface area contributed by atoms with Crippen LogP contribution in [0, 0.1) is 0 Å². The van der Waals surface area contributed by atoms with Gasteiger partial charge in [0.1, 0.15) is 0 Å². The van der Waals surface area contributed by atoms with Crippen LogP contribution in [-0.2, 0) is 0 Å². The smallest absolute Gasteiger partial charge is 0.251 e. The summed E-state index contributed by atoms with van der Waals surface area (Å²) in [4.78, 5) is 11.8. The topological polar surface area (TPSA) is 67.2 Å². The number of nitrogens with two attached hydrogens (primary N) is 1. The second-order valence-corrected chi connectivity index (χ2v) is 5.37. The Hall–Kier alpha value is -1.20. The zero-order valence-corrected chi connectivity index (χ0v) is 12.3. The highest BCUT2D eigenvalue weighted by Gasteiger charge is 2.03. The predicted octanol–water partition coefficient (Wildman–Crippen LogP) is 2.63. The third kappa shape index (κ3) is 6.50. The number of carbonyl (C=O) groups is 1. The van der Waals surface area contributed by atoms with Crippen molar-refractivity contribution in [2.75, 3.05) is 24.0 Å². The molecule has 0 saturated heterocycles. The first-order valence-corrected chi connectivity index (χ1v) is 8.01. The maximum Gasteiger partial charge on any atom is 0.251 e. The van der Waals surface area contributed by atoms with Gasteiger partial charge >= 0.3 is 0 Å². The lowest BCUT2D eigenvalue weighted by Crippen LogP contribution is -2.24. The molecule has 0 aliphatic heterocycles. The Morgan fingerprint density at radius 2 is 1.84 bits per heavy atom. The normalized spacial score (nSPS) is 10.2. The van der Waals surface area contributed by atoms with E-state index in [-0.39, 0.29) is 5.91 Å². The van der Waals surface area contributed by atoms with Crippen LogP contribution in [0.3, 0.4) is 0 Å². The first-order chi connectivity index (χ1) is 9.27. The number of hydrogen-bond donors (Lipinski definition) is 3. The van der Waals surface area contributed by atoms with Gasteiger partial charge in [0.25, 0.3) is 5.91 Å². The Morgan fingerprint density at radius 3 is 2.47 bits per heavy atom. The second-order valence-electron chi connectivity index (χ2n) is 4.38. The van der Waals surface area contributed by atoms with Gasteiger partial charge in [-0.25, -0.2) is 0 Å². The summed E-state index contributed by atoms with van der Waals surface area (Å²) in [5.74, 6) is 6.48. The van der Waals surface area contributed by atoms with Crippen molar-refractivity contribution < 1.29 is 4.79 Å². The fraction of sp³-hybridized carbons (Fsp3) is 0.500. The number of benzene rings is 1. The molecular formula is C14H23N3OS. The summed E-state index contributed by atoms with van der Waals surface area (Å²) in [6.07, 6.45) is 6.86. The number of nitrogen functional groups attached to an aromatic ring is 1. The summed E-state index contributed by atoms with van der Waals surface area (Å²) in [6.45, 7) is 0.745.